The lowest BCUT2D eigenvalue weighted by Crippen LogP contribution is -2.12. The summed E-state index contributed by atoms with van der Waals surface area (Å²) in [6, 6.07) is 15.3. The fourth-order valence-electron chi connectivity index (χ4n) is 2.27. The molecule has 0 amide bonds. The number of nitrogens with one attached hydrogen (secondary N) is 1. The van der Waals surface area contributed by atoms with Crippen molar-refractivity contribution in [3.05, 3.63) is 77.7 Å². The van der Waals surface area contributed by atoms with Crippen molar-refractivity contribution in [2.45, 2.75) is 10.3 Å². The molecule has 124 valence electrons. The summed E-state index contributed by atoms with van der Waals surface area (Å²) in [6.07, 6.45) is 1.20. The predicted octanol–water partition coefficient (Wildman–Crippen LogP) is 3.13. The smallest absolute Gasteiger partial charge is 0.249 e. The fraction of sp³-hybridized carbons (Fsp3) is 0.0625. The zero-order valence-electron chi connectivity index (χ0n) is 12.4. The van der Waals surface area contributed by atoms with Crippen molar-refractivity contribution >= 4 is 26.5 Å². The van der Waals surface area contributed by atoms with Crippen LogP contribution in [0.2, 0.25) is 0 Å². The third-order valence-corrected chi connectivity index (χ3v) is 5.68. The molecular formula is C16H14FN3O2S2. The van der Waals surface area contributed by atoms with Crippen molar-refractivity contribution in [2.24, 2.45) is 5.14 Å². The number of sulfonamides is 1. The second-order valence-electron chi connectivity index (χ2n) is 5.07. The van der Waals surface area contributed by atoms with Crippen LogP contribution in [-0.4, -0.2) is 13.4 Å². The van der Waals surface area contributed by atoms with Crippen molar-refractivity contribution < 1.29 is 12.8 Å². The van der Waals surface area contributed by atoms with Crippen LogP contribution in [0.3, 0.4) is 0 Å². The monoisotopic (exact) mass is 363 g/mol. The standard InChI is InChI=1S/C16H14FN3O2S2/c17-13-8-4-7-12(9-13)15(11-5-2-1-3-6-11)20-16-19-10-14(23-16)24(18,21)22/h1-10,15H,(H,19,20)(H2,18,21,22). The average molecular weight is 363 g/mol. The molecule has 0 saturated carbocycles. The second-order valence-corrected chi connectivity index (χ2v) is 7.89. The molecule has 24 heavy (non-hydrogen) atoms. The van der Waals surface area contributed by atoms with Gasteiger partial charge in [-0.1, -0.05) is 53.8 Å². The van der Waals surface area contributed by atoms with Crippen LogP contribution in [0, 0.1) is 5.82 Å². The number of primary sulfonamides is 1. The number of hydrogen-bond acceptors (Lipinski definition) is 5. The molecule has 0 fully saturated rings. The SMILES string of the molecule is NS(=O)(=O)c1cnc(NC(c2ccccc2)c2cccc(F)c2)s1. The van der Waals surface area contributed by atoms with Gasteiger partial charge in [-0.2, -0.15) is 0 Å². The van der Waals surface area contributed by atoms with Crippen molar-refractivity contribution in [3.63, 3.8) is 0 Å². The van der Waals surface area contributed by atoms with Crippen LogP contribution in [-0.2, 0) is 10.0 Å². The van der Waals surface area contributed by atoms with Gasteiger partial charge in [-0.05, 0) is 23.3 Å². The minimum Gasteiger partial charge on any atom is -0.351 e. The average Bonchev–Trinajstić information content (AvgIpc) is 3.02. The van der Waals surface area contributed by atoms with Gasteiger partial charge < -0.3 is 5.32 Å². The molecule has 0 spiro atoms. The molecule has 0 bridgehead atoms. The third kappa shape index (κ3) is 3.78. The summed E-state index contributed by atoms with van der Waals surface area (Å²) < 4.78 is 36.3. The topological polar surface area (TPSA) is 85.1 Å². The van der Waals surface area contributed by atoms with E-state index in [-0.39, 0.29) is 16.1 Å². The van der Waals surface area contributed by atoms with Gasteiger partial charge in [0, 0.05) is 0 Å². The quantitative estimate of drug-likeness (QED) is 0.729. The van der Waals surface area contributed by atoms with Crippen LogP contribution in [0.4, 0.5) is 9.52 Å². The molecule has 0 saturated heterocycles. The van der Waals surface area contributed by atoms with Crippen LogP contribution in [0.1, 0.15) is 17.2 Å². The molecular weight excluding hydrogens is 349 g/mol. The van der Waals surface area contributed by atoms with E-state index < -0.39 is 10.0 Å². The Morgan fingerprint density at radius 3 is 2.42 bits per heavy atom. The van der Waals surface area contributed by atoms with E-state index in [4.69, 9.17) is 5.14 Å². The van der Waals surface area contributed by atoms with Crippen LogP contribution < -0.4 is 10.5 Å². The fourth-order valence-corrected chi connectivity index (χ4v) is 3.75. The van der Waals surface area contributed by atoms with Gasteiger partial charge in [0.2, 0.25) is 10.0 Å². The molecule has 8 heteroatoms. The van der Waals surface area contributed by atoms with Crippen LogP contribution in [0.25, 0.3) is 0 Å². The molecule has 0 aliphatic heterocycles. The number of anilines is 1. The Morgan fingerprint density at radius 2 is 1.79 bits per heavy atom. The van der Waals surface area contributed by atoms with E-state index in [0.29, 0.717) is 10.7 Å². The maximum absolute atomic E-state index is 13.6. The summed E-state index contributed by atoms with van der Waals surface area (Å²) >= 11 is 0.933. The zero-order chi connectivity index (χ0) is 17.2. The summed E-state index contributed by atoms with van der Waals surface area (Å²) in [4.78, 5) is 4.05. The highest BCUT2D eigenvalue weighted by atomic mass is 32.2. The van der Waals surface area contributed by atoms with E-state index in [9.17, 15) is 12.8 Å². The van der Waals surface area contributed by atoms with E-state index in [1.807, 2.05) is 30.3 Å². The summed E-state index contributed by atoms with van der Waals surface area (Å²) in [5, 5.41) is 8.65. The van der Waals surface area contributed by atoms with Crippen LogP contribution >= 0.6 is 11.3 Å². The zero-order valence-corrected chi connectivity index (χ0v) is 14.0. The molecule has 0 aliphatic carbocycles. The van der Waals surface area contributed by atoms with Crippen molar-refractivity contribution in [2.75, 3.05) is 5.32 Å². The van der Waals surface area contributed by atoms with Gasteiger partial charge in [0.25, 0.3) is 0 Å². The van der Waals surface area contributed by atoms with E-state index in [0.717, 1.165) is 16.9 Å². The van der Waals surface area contributed by atoms with E-state index in [1.165, 1.54) is 18.3 Å². The number of thiazole rings is 1. The van der Waals surface area contributed by atoms with E-state index in [2.05, 4.69) is 10.3 Å². The number of nitrogens with zero attached hydrogens (tertiary/aromatic N) is 1. The molecule has 5 nitrogen and oxygen atoms in total. The molecule has 1 unspecified atom stereocenters. The highest BCUT2D eigenvalue weighted by Gasteiger charge is 2.18. The maximum atomic E-state index is 13.6. The number of nitrogens with two attached hydrogens (primary N) is 1. The molecule has 3 N–H and O–H groups in total. The normalized spacial score (nSPS) is 12.8. The Labute approximate surface area is 143 Å². The largest absolute Gasteiger partial charge is 0.351 e. The molecule has 1 atom stereocenters. The molecule has 3 rings (SSSR count). The predicted molar refractivity (Wildman–Crippen MR) is 91.8 cm³/mol. The minimum absolute atomic E-state index is 0.0314. The van der Waals surface area contributed by atoms with Gasteiger partial charge in [0.05, 0.1) is 12.2 Å². The van der Waals surface area contributed by atoms with Crippen molar-refractivity contribution in [3.8, 4) is 0 Å². The van der Waals surface area contributed by atoms with E-state index in [1.54, 1.807) is 12.1 Å². The molecule has 0 aliphatic rings. The van der Waals surface area contributed by atoms with Gasteiger partial charge in [0.15, 0.2) is 9.34 Å². The Morgan fingerprint density at radius 1 is 1.08 bits per heavy atom. The first kappa shape index (κ1) is 16.6. The lowest BCUT2D eigenvalue weighted by molar-refractivity contribution is 0.599. The number of halogens is 1. The molecule has 3 aromatic rings. The first-order valence-corrected chi connectivity index (χ1v) is 9.35. The molecule has 0 radical (unpaired) electrons. The van der Waals surface area contributed by atoms with Gasteiger partial charge >= 0.3 is 0 Å². The first-order valence-electron chi connectivity index (χ1n) is 6.99. The van der Waals surface area contributed by atoms with Gasteiger partial charge in [-0.3, -0.25) is 0 Å². The lowest BCUT2D eigenvalue weighted by atomic mass is 9.99. The van der Waals surface area contributed by atoms with Crippen LogP contribution in [0.15, 0.2) is 65.0 Å². The Bertz CT molecular complexity index is 943. The third-order valence-electron chi connectivity index (χ3n) is 3.35. The maximum Gasteiger partial charge on any atom is 0.249 e. The summed E-state index contributed by atoms with van der Waals surface area (Å²) in [7, 11) is -3.80. The summed E-state index contributed by atoms with van der Waals surface area (Å²) in [5.74, 6) is -0.348. The number of aromatic nitrogens is 1. The van der Waals surface area contributed by atoms with Gasteiger partial charge in [0.1, 0.15) is 5.82 Å². The Kier molecular flexibility index (Phi) is 4.61. The highest BCUT2D eigenvalue weighted by molar-refractivity contribution is 7.91. The number of rotatable bonds is 5. The Balaban J connectivity index is 1.98. The van der Waals surface area contributed by atoms with Crippen LogP contribution in [0.5, 0.6) is 0 Å². The van der Waals surface area contributed by atoms with Crippen molar-refractivity contribution in [1.82, 2.24) is 4.98 Å². The van der Waals surface area contributed by atoms with Crippen molar-refractivity contribution in [1.29, 1.82) is 0 Å². The summed E-state index contributed by atoms with van der Waals surface area (Å²) in [5.41, 5.74) is 1.60. The molecule has 1 heterocycles. The number of benzene rings is 2. The lowest BCUT2D eigenvalue weighted by Gasteiger charge is -2.19. The van der Waals surface area contributed by atoms with E-state index >= 15 is 0 Å². The second kappa shape index (κ2) is 6.68. The summed E-state index contributed by atoms with van der Waals surface area (Å²) in [6.45, 7) is 0. The Hall–Kier alpha value is -2.29. The highest BCUT2D eigenvalue weighted by Crippen LogP contribution is 2.30. The molecule has 2 aromatic carbocycles. The first-order chi connectivity index (χ1) is 11.4. The minimum atomic E-state index is -3.80. The number of hydrogen-bond donors (Lipinski definition) is 2. The van der Waals surface area contributed by atoms with Gasteiger partial charge in [-0.15, -0.1) is 0 Å². The van der Waals surface area contributed by atoms with Gasteiger partial charge in [-0.25, -0.2) is 22.9 Å². The molecule has 1 aromatic heterocycles.